The molecule has 1 heterocycles. The lowest BCUT2D eigenvalue weighted by molar-refractivity contribution is 0.227. The van der Waals surface area contributed by atoms with Crippen LogP contribution in [0.15, 0.2) is 12.1 Å². The Morgan fingerprint density at radius 1 is 1.20 bits per heavy atom. The van der Waals surface area contributed by atoms with Crippen LogP contribution in [-0.2, 0) is 22.8 Å². The molecule has 0 saturated carbocycles. The zero-order valence-corrected chi connectivity index (χ0v) is 12.7. The Morgan fingerprint density at radius 3 is 2.30 bits per heavy atom. The fourth-order valence-electron chi connectivity index (χ4n) is 2.44. The molecule has 0 fully saturated rings. The van der Waals surface area contributed by atoms with Crippen LogP contribution < -0.4 is 0 Å². The highest BCUT2D eigenvalue weighted by atomic mass is 32.2. The first kappa shape index (κ1) is 15.4. The molecule has 0 atom stereocenters. The van der Waals surface area contributed by atoms with E-state index < -0.39 is 20.4 Å². The predicted octanol–water partition coefficient (Wildman–Crippen LogP) is 2.15. The molecule has 0 bridgehead atoms. The van der Waals surface area contributed by atoms with Gasteiger partial charge in [-0.3, -0.25) is 4.90 Å². The van der Waals surface area contributed by atoms with Gasteiger partial charge in [0.1, 0.15) is 11.6 Å². The Bertz CT molecular complexity index is 626. The number of benzene rings is 1. The molecular weight excluding hydrogens is 284 g/mol. The Balaban J connectivity index is 2.23. The number of hydrogen-bond donors (Lipinski definition) is 0. The largest absolute Gasteiger partial charge is 0.297 e. The summed E-state index contributed by atoms with van der Waals surface area (Å²) in [5.41, 5.74) is 0.763. The SMILES string of the molecule is CC(C)(CN1CCc2c(F)ccc(F)c2C1)S(C)(=O)=O. The maximum absolute atomic E-state index is 13.8. The van der Waals surface area contributed by atoms with Gasteiger partial charge >= 0.3 is 0 Å². The van der Waals surface area contributed by atoms with Crippen molar-refractivity contribution in [3.05, 3.63) is 34.9 Å². The summed E-state index contributed by atoms with van der Waals surface area (Å²) in [5, 5.41) is 0. The van der Waals surface area contributed by atoms with Crippen molar-refractivity contribution in [2.45, 2.75) is 31.6 Å². The lowest BCUT2D eigenvalue weighted by atomic mass is 9.97. The second kappa shape index (κ2) is 5.07. The van der Waals surface area contributed by atoms with E-state index in [-0.39, 0.29) is 12.4 Å². The third kappa shape index (κ3) is 2.86. The van der Waals surface area contributed by atoms with Gasteiger partial charge in [0, 0.05) is 31.5 Å². The van der Waals surface area contributed by atoms with E-state index in [1.54, 1.807) is 13.8 Å². The first-order valence-electron chi connectivity index (χ1n) is 6.49. The number of nitrogens with zero attached hydrogens (tertiary/aromatic N) is 1. The van der Waals surface area contributed by atoms with Crippen LogP contribution in [0.1, 0.15) is 25.0 Å². The summed E-state index contributed by atoms with van der Waals surface area (Å²) in [5.74, 6) is -0.813. The average molecular weight is 303 g/mol. The average Bonchev–Trinajstić information content (AvgIpc) is 2.32. The molecule has 0 aliphatic carbocycles. The highest BCUT2D eigenvalue weighted by molar-refractivity contribution is 7.92. The van der Waals surface area contributed by atoms with Crippen LogP contribution in [0.2, 0.25) is 0 Å². The van der Waals surface area contributed by atoms with Crippen LogP contribution in [0.5, 0.6) is 0 Å². The fraction of sp³-hybridized carbons (Fsp3) is 0.571. The molecule has 6 heteroatoms. The summed E-state index contributed by atoms with van der Waals surface area (Å²) in [6.45, 7) is 4.39. The molecule has 112 valence electrons. The smallest absolute Gasteiger partial charge is 0.153 e. The maximum Gasteiger partial charge on any atom is 0.153 e. The Labute approximate surface area is 118 Å². The van der Waals surface area contributed by atoms with Crippen LogP contribution in [0.3, 0.4) is 0 Å². The molecule has 0 spiro atoms. The summed E-state index contributed by atoms with van der Waals surface area (Å²) in [7, 11) is -3.21. The molecule has 0 saturated heterocycles. The van der Waals surface area contributed by atoms with Crippen molar-refractivity contribution in [3.8, 4) is 0 Å². The minimum Gasteiger partial charge on any atom is -0.297 e. The van der Waals surface area contributed by atoms with Crippen LogP contribution in [0.25, 0.3) is 0 Å². The molecule has 0 radical (unpaired) electrons. The van der Waals surface area contributed by atoms with E-state index in [9.17, 15) is 17.2 Å². The van der Waals surface area contributed by atoms with Crippen molar-refractivity contribution in [1.29, 1.82) is 0 Å². The van der Waals surface area contributed by atoms with E-state index >= 15 is 0 Å². The van der Waals surface area contributed by atoms with Crippen molar-refractivity contribution in [3.63, 3.8) is 0 Å². The molecule has 0 unspecified atom stereocenters. The Morgan fingerprint density at radius 2 is 1.75 bits per heavy atom. The molecule has 2 rings (SSSR count). The standard InChI is InChI=1S/C14H19F2NO2S/c1-14(2,20(3,18)19)9-17-7-6-10-11(8-17)13(16)5-4-12(10)15/h4-5H,6-9H2,1-3H3. The van der Waals surface area contributed by atoms with Crippen molar-refractivity contribution in [2.75, 3.05) is 19.3 Å². The predicted molar refractivity (Wildman–Crippen MR) is 74.3 cm³/mol. The van der Waals surface area contributed by atoms with Crippen LogP contribution in [0.4, 0.5) is 8.78 Å². The number of halogens is 2. The summed E-state index contributed by atoms with van der Waals surface area (Å²) in [6, 6.07) is 2.27. The minimum absolute atomic E-state index is 0.248. The van der Waals surface area contributed by atoms with E-state index in [4.69, 9.17) is 0 Å². The van der Waals surface area contributed by atoms with Crippen LogP contribution in [0, 0.1) is 11.6 Å². The second-order valence-electron chi connectivity index (χ2n) is 5.98. The third-order valence-electron chi connectivity index (χ3n) is 3.98. The summed E-state index contributed by atoms with van der Waals surface area (Å²) in [4.78, 5) is 1.87. The first-order valence-corrected chi connectivity index (χ1v) is 8.39. The minimum atomic E-state index is -3.21. The van der Waals surface area contributed by atoms with Gasteiger partial charge < -0.3 is 0 Å². The van der Waals surface area contributed by atoms with E-state index in [0.717, 1.165) is 12.1 Å². The highest BCUT2D eigenvalue weighted by Crippen LogP contribution is 2.26. The molecule has 3 nitrogen and oxygen atoms in total. The molecule has 1 aromatic carbocycles. The Kier molecular flexibility index (Phi) is 3.90. The lowest BCUT2D eigenvalue weighted by Gasteiger charge is -2.34. The van der Waals surface area contributed by atoms with Crippen molar-refractivity contribution in [2.24, 2.45) is 0 Å². The molecule has 0 aromatic heterocycles. The molecular formula is C14H19F2NO2S. The van der Waals surface area contributed by atoms with Crippen molar-refractivity contribution in [1.82, 2.24) is 4.90 Å². The van der Waals surface area contributed by atoms with Gasteiger partial charge in [0.2, 0.25) is 0 Å². The maximum atomic E-state index is 13.8. The lowest BCUT2D eigenvalue weighted by Crippen LogP contribution is -2.46. The zero-order valence-electron chi connectivity index (χ0n) is 11.9. The summed E-state index contributed by atoms with van der Waals surface area (Å²) >= 11 is 0. The third-order valence-corrected chi connectivity index (χ3v) is 6.12. The Hall–Kier alpha value is -1.01. The van der Waals surface area contributed by atoms with E-state index in [1.165, 1.54) is 6.26 Å². The van der Waals surface area contributed by atoms with Gasteiger partial charge in [0.05, 0.1) is 4.75 Å². The molecule has 0 N–H and O–H groups in total. The first-order chi connectivity index (χ1) is 9.12. The number of fused-ring (bicyclic) bond motifs is 1. The fourth-order valence-corrected chi connectivity index (χ4v) is 2.86. The van der Waals surface area contributed by atoms with Gasteiger partial charge in [-0.25, -0.2) is 17.2 Å². The molecule has 1 aliphatic rings. The molecule has 0 amide bonds. The van der Waals surface area contributed by atoms with Crippen LogP contribution >= 0.6 is 0 Å². The van der Waals surface area contributed by atoms with Gasteiger partial charge in [0.15, 0.2) is 9.84 Å². The van der Waals surface area contributed by atoms with Gasteiger partial charge in [-0.2, -0.15) is 0 Å². The quantitative estimate of drug-likeness (QED) is 0.858. The van der Waals surface area contributed by atoms with Gasteiger partial charge in [-0.05, 0) is 38.0 Å². The molecule has 20 heavy (non-hydrogen) atoms. The van der Waals surface area contributed by atoms with Crippen molar-refractivity contribution < 1.29 is 17.2 Å². The monoisotopic (exact) mass is 303 g/mol. The number of rotatable bonds is 3. The summed E-state index contributed by atoms with van der Waals surface area (Å²) < 4.78 is 50.0. The normalized spacial score (nSPS) is 17.1. The zero-order chi connectivity index (χ0) is 15.1. The van der Waals surface area contributed by atoms with Crippen LogP contribution in [-0.4, -0.2) is 37.4 Å². The van der Waals surface area contributed by atoms with E-state index in [0.29, 0.717) is 30.6 Å². The highest BCUT2D eigenvalue weighted by Gasteiger charge is 2.34. The van der Waals surface area contributed by atoms with E-state index in [2.05, 4.69) is 0 Å². The molecule has 1 aliphatic heterocycles. The molecule has 1 aromatic rings. The number of hydrogen-bond acceptors (Lipinski definition) is 3. The number of sulfone groups is 1. The summed E-state index contributed by atoms with van der Waals surface area (Å²) in [6.07, 6.45) is 1.60. The van der Waals surface area contributed by atoms with Gasteiger partial charge in [0.25, 0.3) is 0 Å². The van der Waals surface area contributed by atoms with Gasteiger partial charge in [-0.1, -0.05) is 0 Å². The van der Waals surface area contributed by atoms with Crippen molar-refractivity contribution >= 4 is 9.84 Å². The van der Waals surface area contributed by atoms with E-state index in [1.807, 2.05) is 4.90 Å². The van der Waals surface area contributed by atoms with Gasteiger partial charge in [-0.15, -0.1) is 0 Å². The topological polar surface area (TPSA) is 37.4 Å². The second-order valence-corrected chi connectivity index (χ2v) is 8.63.